The largest absolute Gasteiger partial charge is 0.471 e. The summed E-state index contributed by atoms with van der Waals surface area (Å²) in [6.45, 7) is 9.37. The van der Waals surface area contributed by atoms with Crippen LogP contribution in [0.5, 0.6) is 0 Å². The van der Waals surface area contributed by atoms with E-state index in [2.05, 4.69) is 4.98 Å². The number of hydrogen-bond donors (Lipinski definition) is 1. The molecular weight excluding hydrogens is 546 g/mol. The van der Waals surface area contributed by atoms with E-state index in [0.29, 0.717) is 4.90 Å². The van der Waals surface area contributed by atoms with Crippen LogP contribution >= 0.6 is 34.2 Å². The zero-order chi connectivity index (χ0) is 23.7. The Labute approximate surface area is 189 Å². The number of imide groups is 1. The molecule has 1 rings (SSSR count). The fraction of sp³-hybridized carbons (Fsp3) is 0.529. The number of pyridine rings is 1. The lowest BCUT2D eigenvalue weighted by atomic mass is 10.2. The number of amides is 3. The van der Waals surface area contributed by atoms with Crippen LogP contribution in [0.1, 0.15) is 41.5 Å². The molecule has 30 heavy (non-hydrogen) atoms. The molecule has 1 aromatic rings. The van der Waals surface area contributed by atoms with Gasteiger partial charge in [0.15, 0.2) is 5.82 Å². The van der Waals surface area contributed by atoms with Crippen molar-refractivity contribution in [1.29, 1.82) is 0 Å². The third-order valence-electron chi connectivity index (χ3n) is 2.78. The van der Waals surface area contributed by atoms with Crippen LogP contribution in [0.25, 0.3) is 0 Å². The number of carbonyl (C=O) groups excluding carboxylic acids is 3. The smallest absolute Gasteiger partial charge is 0.443 e. The minimum atomic E-state index is -5.13. The maximum atomic E-state index is 12.6. The minimum absolute atomic E-state index is 0.165. The minimum Gasteiger partial charge on any atom is -0.443 e. The van der Waals surface area contributed by atoms with Crippen molar-refractivity contribution < 1.29 is 37.0 Å². The van der Waals surface area contributed by atoms with Gasteiger partial charge in [-0.2, -0.15) is 18.1 Å². The first-order chi connectivity index (χ1) is 13.3. The second-order valence-corrected chi connectivity index (χ2v) is 9.31. The molecular formula is C17H20ClF3IN3O5. The van der Waals surface area contributed by atoms with Crippen LogP contribution in [0.2, 0.25) is 5.02 Å². The van der Waals surface area contributed by atoms with Crippen molar-refractivity contribution in [3.8, 4) is 0 Å². The van der Waals surface area contributed by atoms with Crippen molar-refractivity contribution in [2.75, 3.05) is 10.2 Å². The number of anilines is 2. The van der Waals surface area contributed by atoms with Gasteiger partial charge in [-0.05, 0) is 70.2 Å². The van der Waals surface area contributed by atoms with Crippen LogP contribution in [0.15, 0.2) is 6.07 Å². The van der Waals surface area contributed by atoms with Gasteiger partial charge in [0.05, 0.1) is 10.7 Å². The molecule has 1 N–H and O–H groups in total. The van der Waals surface area contributed by atoms with E-state index in [-0.39, 0.29) is 9.39 Å². The van der Waals surface area contributed by atoms with Gasteiger partial charge < -0.3 is 14.8 Å². The van der Waals surface area contributed by atoms with E-state index in [1.165, 1.54) is 22.6 Å². The third kappa shape index (κ3) is 7.78. The zero-order valence-electron chi connectivity index (χ0n) is 16.9. The van der Waals surface area contributed by atoms with Crippen molar-refractivity contribution in [2.24, 2.45) is 0 Å². The summed E-state index contributed by atoms with van der Waals surface area (Å²) in [4.78, 5) is 40.8. The molecule has 0 aliphatic heterocycles. The van der Waals surface area contributed by atoms with Gasteiger partial charge in [0.25, 0.3) is 0 Å². The maximum absolute atomic E-state index is 12.6. The zero-order valence-corrected chi connectivity index (χ0v) is 19.8. The highest BCUT2D eigenvalue weighted by atomic mass is 127. The number of nitrogens with zero attached hydrogens (tertiary/aromatic N) is 2. The number of nitrogens with one attached hydrogen (secondary N) is 1. The highest BCUT2D eigenvalue weighted by Crippen LogP contribution is 2.32. The molecule has 3 amide bonds. The first-order valence-electron chi connectivity index (χ1n) is 8.32. The van der Waals surface area contributed by atoms with Gasteiger partial charge in [0.1, 0.15) is 14.9 Å². The van der Waals surface area contributed by atoms with Crippen molar-refractivity contribution in [1.82, 2.24) is 4.98 Å². The Bertz CT molecular complexity index is 823. The van der Waals surface area contributed by atoms with Crippen molar-refractivity contribution in [2.45, 2.75) is 58.9 Å². The lowest BCUT2D eigenvalue weighted by Crippen LogP contribution is -2.44. The Hall–Kier alpha value is -1.83. The third-order valence-corrected chi connectivity index (χ3v) is 3.88. The number of aromatic nitrogens is 1. The normalized spacial score (nSPS) is 12.2. The van der Waals surface area contributed by atoms with Crippen molar-refractivity contribution in [3.63, 3.8) is 0 Å². The van der Waals surface area contributed by atoms with Gasteiger partial charge in [-0.1, -0.05) is 11.6 Å². The van der Waals surface area contributed by atoms with Crippen LogP contribution in [0.4, 0.5) is 34.3 Å². The molecule has 0 unspecified atom stereocenters. The predicted octanol–water partition coefficient (Wildman–Crippen LogP) is 5.52. The van der Waals surface area contributed by atoms with E-state index >= 15 is 0 Å². The SMILES string of the molecule is CC(C)(C)OC(=O)N(C(=O)OC(C)(C)C)c1nc(I)c(NC(=O)C(F)(F)F)cc1Cl. The molecule has 0 radical (unpaired) electrons. The summed E-state index contributed by atoms with van der Waals surface area (Å²) in [5, 5.41) is 1.22. The topological polar surface area (TPSA) is 97.8 Å². The Morgan fingerprint density at radius 3 is 1.83 bits per heavy atom. The Kier molecular flexibility index (Phi) is 7.97. The summed E-state index contributed by atoms with van der Waals surface area (Å²) >= 11 is 7.59. The molecule has 0 aromatic carbocycles. The fourth-order valence-corrected chi connectivity index (χ4v) is 2.51. The van der Waals surface area contributed by atoms with E-state index in [1.807, 2.05) is 0 Å². The number of ether oxygens (including phenoxy) is 2. The second kappa shape index (κ2) is 9.12. The summed E-state index contributed by atoms with van der Waals surface area (Å²) in [6.07, 6.45) is -7.45. The maximum Gasteiger partial charge on any atom is 0.471 e. The van der Waals surface area contributed by atoms with Gasteiger partial charge in [0.2, 0.25) is 0 Å². The molecule has 1 heterocycles. The summed E-state index contributed by atoms with van der Waals surface area (Å²) in [5.41, 5.74) is -2.34. The number of halogens is 5. The molecule has 0 saturated heterocycles. The Balaban J connectivity index is 3.42. The van der Waals surface area contributed by atoms with E-state index in [4.69, 9.17) is 21.1 Å². The van der Waals surface area contributed by atoms with Gasteiger partial charge in [0, 0.05) is 0 Å². The van der Waals surface area contributed by atoms with Crippen LogP contribution < -0.4 is 10.2 Å². The molecule has 168 valence electrons. The van der Waals surface area contributed by atoms with E-state index < -0.39 is 46.3 Å². The molecule has 1 aromatic heterocycles. The molecule has 0 atom stereocenters. The second-order valence-electron chi connectivity index (χ2n) is 7.88. The van der Waals surface area contributed by atoms with E-state index in [1.54, 1.807) is 46.9 Å². The van der Waals surface area contributed by atoms with E-state index in [9.17, 15) is 27.6 Å². The molecule has 0 spiro atoms. The quantitative estimate of drug-likeness (QED) is 0.375. The molecule has 0 aliphatic carbocycles. The van der Waals surface area contributed by atoms with Gasteiger partial charge in [-0.25, -0.2) is 14.6 Å². The van der Waals surface area contributed by atoms with Crippen molar-refractivity contribution >= 4 is 63.8 Å². The van der Waals surface area contributed by atoms with Crippen molar-refractivity contribution in [3.05, 3.63) is 14.8 Å². The average molecular weight is 566 g/mol. The fourth-order valence-electron chi connectivity index (χ4n) is 1.76. The van der Waals surface area contributed by atoms with Gasteiger partial charge >= 0.3 is 24.3 Å². The van der Waals surface area contributed by atoms with Crippen LogP contribution in [-0.4, -0.2) is 40.5 Å². The lowest BCUT2D eigenvalue weighted by Gasteiger charge is -2.28. The summed E-state index contributed by atoms with van der Waals surface area (Å²) in [5.74, 6) is -2.67. The predicted molar refractivity (Wildman–Crippen MR) is 112 cm³/mol. The molecule has 0 fully saturated rings. The first-order valence-corrected chi connectivity index (χ1v) is 9.78. The Morgan fingerprint density at radius 2 is 1.47 bits per heavy atom. The summed E-state index contributed by atoms with van der Waals surface area (Å²) < 4.78 is 47.7. The number of hydrogen-bond acceptors (Lipinski definition) is 6. The molecule has 0 aliphatic rings. The first kappa shape index (κ1) is 26.2. The van der Waals surface area contributed by atoms with Crippen LogP contribution in [0.3, 0.4) is 0 Å². The average Bonchev–Trinajstić information content (AvgIpc) is 2.47. The number of rotatable bonds is 2. The van der Waals surface area contributed by atoms with E-state index in [0.717, 1.165) is 6.07 Å². The van der Waals surface area contributed by atoms with Gasteiger partial charge in [-0.3, -0.25) is 4.79 Å². The summed E-state index contributed by atoms with van der Waals surface area (Å²) in [6, 6.07) is 0.928. The highest BCUT2D eigenvalue weighted by Gasteiger charge is 2.40. The molecule has 0 bridgehead atoms. The lowest BCUT2D eigenvalue weighted by molar-refractivity contribution is -0.167. The molecule has 8 nitrogen and oxygen atoms in total. The molecule has 13 heteroatoms. The Morgan fingerprint density at radius 1 is 1.03 bits per heavy atom. The van der Waals surface area contributed by atoms with Gasteiger partial charge in [-0.15, -0.1) is 0 Å². The molecule has 0 saturated carbocycles. The monoisotopic (exact) mass is 565 g/mol. The summed E-state index contributed by atoms with van der Waals surface area (Å²) in [7, 11) is 0. The number of carbonyl (C=O) groups is 3. The number of alkyl halides is 3. The highest BCUT2D eigenvalue weighted by molar-refractivity contribution is 14.1. The van der Waals surface area contributed by atoms with Crippen LogP contribution in [0, 0.1) is 3.70 Å². The van der Waals surface area contributed by atoms with Crippen LogP contribution in [-0.2, 0) is 14.3 Å². The standard InChI is InChI=1S/C17H20ClF3IN3O5/c1-15(2,3)29-13(27)25(14(28)30-16(4,5)6)11-8(18)7-9(10(22)24-11)23-12(26)17(19,20)21/h7H,1-6H3,(H,23,26).